The van der Waals surface area contributed by atoms with Gasteiger partial charge in [-0.3, -0.25) is 14.0 Å². The van der Waals surface area contributed by atoms with Crippen LogP contribution in [-0.2, 0) is 4.79 Å². The smallest absolute Gasteiger partial charge is 0.265 e. The van der Waals surface area contributed by atoms with Crippen molar-refractivity contribution in [3.63, 3.8) is 0 Å². The second-order valence-corrected chi connectivity index (χ2v) is 6.64. The molecule has 7 nitrogen and oxygen atoms in total. The lowest BCUT2D eigenvalue weighted by atomic mass is 10.1. The first-order chi connectivity index (χ1) is 14.0. The first-order valence-electron chi connectivity index (χ1n) is 8.98. The fraction of sp³-hybridized carbons (Fsp3) is 0.0909. The highest BCUT2D eigenvalue weighted by molar-refractivity contribution is 5.89. The molecule has 4 aromatic rings. The Kier molecular flexibility index (Phi) is 4.45. The van der Waals surface area contributed by atoms with Gasteiger partial charge >= 0.3 is 0 Å². The number of hydrogen-bond donors (Lipinski definition) is 2. The second kappa shape index (κ2) is 7.09. The molecule has 29 heavy (non-hydrogen) atoms. The summed E-state index contributed by atoms with van der Waals surface area (Å²) in [5.74, 6) is -0.145. The van der Waals surface area contributed by atoms with E-state index >= 15 is 0 Å². The average Bonchev–Trinajstić information content (AvgIpc) is 3.08. The number of nitrogens with zero attached hydrogens (tertiary/aromatic N) is 3. The Labute approximate surface area is 165 Å². The van der Waals surface area contributed by atoms with Gasteiger partial charge in [0.25, 0.3) is 5.56 Å². The molecule has 0 spiro atoms. The zero-order chi connectivity index (χ0) is 20.5. The van der Waals surface area contributed by atoms with Gasteiger partial charge in [0.2, 0.25) is 5.91 Å². The molecule has 2 N–H and O–H groups in total. The van der Waals surface area contributed by atoms with Crippen molar-refractivity contribution in [2.45, 2.75) is 13.8 Å². The number of carbonyl (C=O) groups excluding carboxylic acids is 1. The molecule has 4 rings (SSSR count). The van der Waals surface area contributed by atoms with Gasteiger partial charge in [0, 0.05) is 24.5 Å². The van der Waals surface area contributed by atoms with Gasteiger partial charge < -0.3 is 10.6 Å². The molecular weight excluding hydrogens is 366 g/mol. The van der Waals surface area contributed by atoms with Crippen molar-refractivity contribution in [3.8, 4) is 6.07 Å². The van der Waals surface area contributed by atoms with Crippen LogP contribution in [0.15, 0.2) is 53.3 Å². The Bertz CT molecular complexity index is 1410. The van der Waals surface area contributed by atoms with E-state index in [-0.39, 0.29) is 11.5 Å². The predicted octanol–water partition coefficient (Wildman–Crippen LogP) is 2.56. The van der Waals surface area contributed by atoms with Crippen molar-refractivity contribution >= 4 is 40.2 Å². The molecule has 142 valence electrons. The summed E-state index contributed by atoms with van der Waals surface area (Å²) in [6.45, 7) is 3.19. The van der Waals surface area contributed by atoms with Crippen molar-refractivity contribution in [1.82, 2.24) is 9.38 Å². The number of amides is 1. The van der Waals surface area contributed by atoms with Crippen LogP contribution in [0.1, 0.15) is 18.1 Å². The van der Waals surface area contributed by atoms with Crippen molar-refractivity contribution in [2.75, 3.05) is 10.6 Å². The fourth-order valence-corrected chi connectivity index (χ4v) is 3.29. The number of carbonyl (C=O) groups is 1. The molecule has 2 aromatic heterocycles. The van der Waals surface area contributed by atoms with Crippen LogP contribution in [0.2, 0.25) is 0 Å². The lowest BCUT2D eigenvalue weighted by Gasteiger charge is -2.06. The quantitative estimate of drug-likeness (QED) is 0.566. The molecule has 0 aliphatic rings. The molecule has 0 aliphatic carbocycles. The van der Waals surface area contributed by atoms with E-state index in [2.05, 4.69) is 21.7 Å². The molecule has 2 aromatic carbocycles. The average molecular weight is 383 g/mol. The lowest BCUT2D eigenvalue weighted by molar-refractivity contribution is -0.114. The van der Waals surface area contributed by atoms with E-state index < -0.39 is 0 Å². The van der Waals surface area contributed by atoms with Gasteiger partial charge in [0.05, 0.1) is 21.8 Å². The third kappa shape index (κ3) is 3.17. The third-order valence-corrected chi connectivity index (χ3v) is 4.70. The Balaban J connectivity index is 1.85. The van der Waals surface area contributed by atoms with Gasteiger partial charge in [0.1, 0.15) is 6.07 Å². The zero-order valence-electron chi connectivity index (χ0n) is 15.9. The monoisotopic (exact) mass is 383 g/mol. The minimum absolute atomic E-state index is 0.145. The van der Waals surface area contributed by atoms with Gasteiger partial charge in [-0.1, -0.05) is 12.1 Å². The molecule has 0 saturated heterocycles. The van der Waals surface area contributed by atoms with Gasteiger partial charge in [0.15, 0.2) is 5.65 Å². The minimum atomic E-state index is -0.243. The highest BCUT2D eigenvalue weighted by Crippen LogP contribution is 2.18. The molecule has 0 unspecified atom stereocenters. The summed E-state index contributed by atoms with van der Waals surface area (Å²) in [4.78, 5) is 28.8. The Morgan fingerprint density at radius 3 is 2.52 bits per heavy atom. The summed E-state index contributed by atoms with van der Waals surface area (Å²) in [5.41, 5.74) is 3.82. The molecule has 0 fully saturated rings. The SMILES string of the molecule is CC(=O)Nc1ccc(N/C=c2\c(C)c(C#N)c3nc4ccccc4n3c2=O)cc1. The van der Waals surface area contributed by atoms with Crippen molar-refractivity contribution in [3.05, 3.63) is 75.2 Å². The van der Waals surface area contributed by atoms with Crippen LogP contribution in [0.4, 0.5) is 11.4 Å². The van der Waals surface area contributed by atoms with Crippen LogP contribution < -0.4 is 21.4 Å². The molecule has 2 heterocycles. The van der Waals surface area contributed by atoms with Gasteiger partial charge in [-0.2, -0.15) is 5.26 Å². The fourth-order valence-electron chi connectivity index (χ4n) is 3.29. The second-order valence-electron chi connectivity index (χ2n) is 6.64. The third-order valence-electron chi connectivity index (χ3n) is 4.70. The van der Waals surface area contributed by atoms with Gasteiger partial charge in [-0.25, -0.2) is 4.98 Å². The largest absolute Gasteiger partial charge is 0.361 e. The number of imidazole rings is 1. The molecule has 0 saturated carbocycles. The molecule has 1 amide bonds. The normalized spacial score (nSPS) is 11.6. The maximum atomic E-state index is 13.2. The summed E-state index contributed by atoms with van der Waals surface area (Å²) in [6.07, 6.45) is 1.60. The summed E-state index contributed by atoms with van der Waals surface area (Å²) < 4.78 is 1.48. The van der Waals surface area contributed by atoms with Crippen LogP contribution in [0.25, 0.3) is 22.9 Å². The Morgan fingerprint density at radius 1 is 1.14 bits per heavy atom. The first-order valence-corrected chi connectivity index (χ1v) is 8.98. The van der Waals surface area contributed by atoms with E-state index in [1.807, 2.05) is 24.3 Å². The molecule has 0 radical (unpaired) electrons. The van der Waals surface area contributed by atoms with E-state index in [4.69, 9.17) is 0 Å². The number of nitriles is 1. The molecular formula is C22H17N5O2. The maximum absolute atomic E-state index is 13.2. The van der Waals surface area contributed by atoms with Crippen molar-refractivity contribution in [1.29, 1.82) is 5.26 Å². The molecule has 0 atom stereocenters. The number of aromatic nitrogens is 2. The van der Waals surface area contributed by atoms with Gasteiger partial charge in [-0.05, 0) is 48.9 Å². The summed E-state index contributed by atoms with van der Waals surface area (Å²) in [7, 11) is 0. The van der Waals surface area contributed by atoms with Crippen LogP contribution in [-0.4, -0.2) is 15.3 Å². The van der Waals surface area contributed by atoms with E-state index in [0.29, 0.717) is 38.7 Å². The van der Waals surface area contributed by atoms with Crippen LogP contribution in [0.5, 0.6) is 0 Å². The standard InChI is InChI=1S/C22H17N5O2/c1-13-17(11-23)21-26-19-5-3-4-6-20(19)27(21)22(29)18(13)12-24-15-7-9-16(10-8-15)25-14(2)28/h3-10,12,24H,1-2H3,(H,25,28)/b18-12+. The number of para-hydroxylation sites is 2. The lowest BCUT2D eigenvalue weighted by Crippen LogP contribution is -2.34. The van der Waals surface area contributed by atoms with Crippen molar-refractivity contribution in [2.24, 2.45) is 0 Å². The predicted molar refractivity (Wildman–Crippen MR) is 112 cm³/mol. The number of rotatable bonds is 3. The molecule has 0 bridgehead atoms. The highest BCUT2D eigenvalue weighted by Gasteiger charge is 2.15. The number of hydrogen-bond acceptors (Lipinski definition) is 5. The van der Waals surface area contributed by atoms with Crippen LogP contribution in [0.3, 0.4) is 0 Å². The number of anilines is 2. The maximum Gasteiger partial charge on any atom is 0.265 e. The minimum Gasteiger partial charge on any atom is -0.361 e. The zero-order valence-corrected chi connectivity index (χ0v) is 15.9. The molecule has 0 aliphatic heterocycles. The van der Waals surface area contributed by atoms with Gasteiger partial charge in [-0.15, -0.1) is 0 Å². The van der Waals surface area contributed by atoms with Crippen LogP contribution >= 0.6 is 0 Å². The topological polar surface area (TPSA) is 99.3 Å². The van der Waals surface area contributed by atoms with E-state index in [0.717, 1.165) is 5.69 Å². The number of benzene rings is 2. The highest BCUT2D eigenvalue weighted by atomic mass is 16.1. The summed E-state index contributed by atoms with van der Waals surface area (Å²) in [5, 5.41) is 15.9. The summed E-state index contributed by atoms with van der Waals surface area (Å²) in [6, 6.07) is 16.6. The number of nitrogens with one attached hydrogen (secondary N) is 2. The summed E-state index contributed by atoms with van der Waals surface area (Å²) >= 11 is 0. The number of pyridine rings is 1. The number of fused-ring (bicyclic) bond motifs is 3. The van der Waals surface area contributed by atoms with E-state index in [1.54, 1.807) is 37.4 Å². The van der Waals surface area contributed by atoms with E-state index in [9.17, 15) is 14.9 Å². The van der Waals surface area contributed by atoms with Crippen molar-refractivity contribution < 1.29 is 4.79 Å². The van der Waals surface area contributed by atoms with Crippen LogP contribution in [0, 0.1) is 18.3 Å². The molecule has 7 heteroatoms. The Hall–Kier alpha value is -4.18. The first kappa shape index (κ1) is 18.2. The van der Waals surface area contributed by atoms with E-state index in [1.165, 1.54) is 11.3 Å². The Morgan fingerprint density at radius 2 is 1.83 bits per heavy atom.